The summed E-state index contributed by atoms with van der Waals surface area (Å²) < 4.78 is 11.2. The number of nitrogens with zero attached hydrogens (tertiary/aromatic N) is 3. The number of fused-ring (bicyclic) bond motifs is 1. The van der Waals surface area contributed by atoms with E-state index in [1.165, 1.54) is 16.8 Å². The number of benzene rings is 2. The molecule has 5 rings (SSSR count). The molecule has 4 aromatic rings. The van der Waals surface area contributed by atoms with E-state index < -0.39 is 0 Å². The number of carbonyl (C=O) groups is 1. The number of thioether (sulfide) groups is 1. The van der Waals surface area contributed by atoms with Gasteiger partial charge in [0.05, 0.1) is 18.1 Å². The van der Waals surface area contributed by atoms with Crippen LogP contribution in [-0.2, 0) is 4.79 Å². The van der Waals surface area contributed by atoms with Crippen molar-refractivity contribution in [2.45, 2.75) is 17.7 Å². The second kappa shape index (κ2) is 8.01. The molecule has 6 nitrogen and oxygen atoms in total. The number of halogens is 1. The van der Waals surface area contributed by atoms with Crippen LogP contribution in [0.4, 0.5) is 0 Å². The molecule has 0 aliphatic carbocycles. The van der Waals surface area contributed by atoms with Gasteiger partial charge in [0.25, 0.3) is 11.1 Å². The number of hydrazone groups is 1. The van der Waals surface area contributed by atoms with E-state index in [0.29, 0.717) is 28.0 Å². The van der Waals surface area contributed by atoms with Crippen molar-refractivity contribution < 1.29 is 13.6 Å². The molecule has 0 fully saturated rings. The molecule has 3 heterocycles. The van der Waals surface area contributed by atoms with Crippen molar-refractivity contribution in [3.63, 3.8) is 0 Å². The molecule has 1 atom stereocenters. The predicted octanol–water partition coefficient (Wildman–Crippen LogP) is 5.54. The Hall–Kier alpha value is -3.03. The van der Waals surface area contributed by atoms with Crippen molar-refractivity contribution in [2.24, 2.45) is 5.10 Å². The lowest BCUT2D eigenvalue weighted by Crippen LogP contribution is -2.28. The van der Waals surface area contributed by atoms with Crippen LogP contribution in [-0.4, -0.2) is 27.4 Å². The quantitative estimate of drug-likeness (QED) is 0.383. The van der Waals surface area contributed by atoms with Crippen molar-refractivity contribution >= 4 is 46.1 Å². The van der Waals surface area contributed by atoms with Gasteiger partial charge in [-0.1, -0.05) is 47.6 Å². The Kier molecular flexibility index (Phi) is 5.06. The Morgan fingerprint density at radius 3 is 2.73 bits per heavy atom. The van der Waals surface area contributed by atoms with Gasteiger partial charge >= 0.3 is 0 Å². The van der Waals surface area contributed by atoms with E-state index in [1.54, 1.807) is 6.26 Å². The first-order chi connectivity index (χ1) is 14.7. The molecule has 0 unspecified atom stereocenters. The van der Waals surface area contributed by atoms with E-state index in [9.17, 15) is 4.79 Å². The first-order valence-electron chi connectivity index (χ1n) is 9.34. The smallest absolute Gasteiger partial charge is 0.257 e. The highest BCUT2D eigenvalue weighted by Crippen LogP contribution is 2.34. The minimum atomic E-state index is -0.223. The first-order valence-corrected chi connectivity index (χ1v) is 10.7. The van der Waals surface area contributed by atoms with E-state index in [4.69, 9.17) is 20.4 Å². The third kappa shape index (κ3) is 3.74. The summed E-state index contributed by atoms with van der Waals surface area (Å²) in [6.07, 6.45) is 2.16. The van der Waals surface area contributed by atoms with Crippen molar-refractivity contribution in [1.29, 1.82) is 0 Å². The van der Waals surface area contributed by atoms with Crippen LogP contribution in [0.25, 0.3) is 11.1 Å². The standard InChI is InChI=1S/C22H16ClN3O3S/c23-15-9-7-14(8-10-15)18-12-17(19-6-3-11-28-19)25-26(18)21(27)13-30-22-24-16-4-1-2-5-20(16)29-22/h1-11,18H,12-13H2/t18-/m0/s1. The van der Waals surface area contributed by atoms with Crippen LogP contribution in [0.15, 0.2) is 86.1 Å². The summed E-state index contributed by atoms with van der Waals surface area (Å²) in [5, 5.41) is 7.21. The summed E-state index contributed by atoms with van der Waals surface area (Å²) in [5.41, 5.74) is 3.17. The van der Waals surface area contributed by atoms with Gasteiger partial charge in [-0.25, -0.2) is 9.99 Å². The third-order valence-electron chi connectivity index (χ3n) is 4.82. The first kappa shape index (κ1) is 19.0. The van der Waals surface area contributed by atoms with Crippen LogP contribution in [0.5, 0.6) is 0 Å². The average Bonchev–Trinajstić information content (AvgIpc) is 3.51. The molecule has 30 heavy (non-hydrogen) atoms. The molecular formula is C22H16ClN3O3S. The molecule has 0 saturated carbocycles. The molecule has 0 bridgehead atoms. The van der Waals surface area contributed by atoms with Crippen LogP contribution in [0.3, 0.4) is 0 Å². The highest BCUT2D eigenvalue weighted by Gasteiger charge is 2.34. The molecule has 2 aromatic carbocycles. The van der Waals surface area contributed by atoms with Gasteiger partial charge < -0.3 is 8.83 Å². The number of hydrogen-bond donors (Lipinski definition) is 0. The molecule has 1 aliphatic rings. The molecule has 1 amide bonds. The van der Waals surface area contributed by atoms with Crippen molar-refractivity contribution in [2.75, 3.05) is 5.75 Å². The predicted molar refractivity (Wildman–Crippen MR) is 116 cm³/mol. The van der Waals surface area contributed by atoms with Crippen molar-refractivity contribution in [3.05, 3.63) is 83.3 Å². The van der Waals surface area contributed by atoms with Gasteiger partial charge in [0.1, 0.15) is 17.0 Å². The molecule has 8 heteroatoms. The molecular weight excluding hydrogens is 422 g/mol. The Morgan fingerprint density at radius 2 is 1.97 bits per heavy atom. The van der Waals surface area contributed by atoms with Gasteiger partial charge in [0.2, 0.25) is 0 Å². The number of furan rings is 1. The second-order valence-electron chi connectivity index (χ2n) is 6.77. The summed E-state index contributed by atoms with van der Waals surface area (Å²) in [6.45, 7) is 0. The fourth-order valence-corrected chi connectivity index (χ4v) is 4.20. The molecule has 0 saturated heterocycles. The Morgan fingerprint density at radius 1 is 1.13 bits per heavy atom. The number of aromatic nitrogens is 1. The Bertz CT molecular complexity index is 1190. The summed E-state index contributed by atoms with van der Waals surface area (Å²) in [4.78, 5) is 17.5. The largest absolute Gasteiger partial charge is 0.463 e. The van der Waals surface area contributed by atoms with Gasteiger partial charge in [0.15, 0.2) is 5.58 Å². The topological polar surface area (TPSA) is 71.8 Å². The van der Waals surface area contributed by atoms with E-state index in [0.717, 1.165) is 16.8 Å². The van der Waals surface area contributed by atoms with Gasteiger partial charge in [-0.05, 0) is 42.0 Å². The highest BCUT2D eigenvalue weighted by atomic mass is 35.5. The fraction of sp³-hybridized carbons (Fsp3) is 0.136. The fourth-order valence-electron chi connectivity index (χ4n) is 3.38. The van der Waals surface area contributed by atoms with Crippen LogP contribution in [0.1, 0.15) is 23.8 Å². The van der Waals surface area contributed by atoms with E-state index >= 15 is 0 Å². The molecule has 0 spiro atoms. The zero-order valence-corrected chi connectivity index (χ0v) is 17.3. The van der Waals surface area contributed by atoms with Crippen LogP contribution >= 0.6 is 23.4 Å². The third-order valence-corrected chi connectivity index (χ3v) is 5.88. The summed E-state index contributed by atoms with van der Waals surface area (Å²) in [6, 6.07) is 18.4. The second-order valence-corrected chi connectivity index (χ2v) is 8.13. The van der Waals surface area contributed by atoms with Crippen molar-refractivity contribution in [1.82, 2.24) is 9.99 Å². The van der Waals surface area contributed by atoms with Crippen molar-refractivity contribution in [3.8, 4) is 0 Å². The van der Waals surface area contributed by atoms with E-state index in [2.05, 4.69) is 10.1 Å². The number of oxazole rings is 1. The lowest BCUT2D eigenvalue weighted by Gasteiger charge is -2.21. The van der Waals surface area contributed by atoms with E-state index in [1.807, 2.05) is 60.7 Å². The van der Waals surface area contributed by atoms with Crippen LogP contribution in [0.2, 0.25) is 5.02 Å². The van der Waals surface area contributed by atoms with Gasteiger partial charge in [-0.3, -0.25) is 4.79 Å². The molecule has 0 N–H and O–H groups in total. The summed E-state index contributed by atoms with van der Waals surface area (Å²) in [7, 11) is 0. The van der Waals surface area contributed by atoms with Gasteiger partial charge in [-0.15, -0.1) is 0 Å². The number of amides is 1. The SMILES string of the molecule is O=C(CSc1nc2ccccc2o1)N1N=C(c2ccco2)C[C@H]1c1ccc(Cl)cc1. The monoisotopic (exact) mass is 437 g/mol. The maximum absolute atomic E-state index is 13.1. The zero-order valence-electron chi connectivity index (χ0n) is 15.7. The highest BCUT2D eigenvalue weighted by molar-refractivity contribution is 7.99. The summed E-state index contributed by atoms with van der Waals surface area (Å²) >= 11 is 7.29. The minimum absolute atomic E-state index is 0.135. The number of rotatable bonds is 5. The summed E-state index contributed by atoms with van der Waals surface area (Å²) in [5.74, 6) is 0.686. The Labute approximate surface area is 181 Å². The molecule has 0 radical (unpaired) electrons. The Balaban J connectivity index is 1.37. The normalized spacial score (nSPS) is 16.2. The number of carbonyl (C=O) groups excluding carboxylic acids is 1. The maximum Gasteiger partial charge on any atom is 0.257 e. The molecule has 150 valence electrons. The maximum atomic E-state index is 13.1. The van der Waals surface area contributed by atoms with Crippen LogP contribution in [0, 0.1) is 0 Å². The van der Waals surface area contributed by atoms with Gasteiger partial charge in [-0.2, -0.15) is 5.10 Å². The minimum Gasteiger partial charge on any atom is -0.463 e. The molecule has 1 aliphatic heterocycles. The lowest BCUT2D eigenvalue weighted by atomic mass is 10.0. The van der Waals surface area contributed by atoms with Gasteiger partial charge in [0, 0.05) is 11.4 Å². The van der Waals surface area contributed by atoms with Crippen LogP contribution < -0.4 is 0 Å². The zero-order chi connectivity index (χ0) is 20.5. The molecule has 2 aromatic heterocycles. The van der Waals surface area contributed by atoms with E-state index in [-0.39, 0.29) is 17.7 Å². The number of hydrogen-bond acceptors (Lipinski definition) is 6. The lowest BCUT2D eigenvalue weighted by molar-refractivity contribution is -0.130. The number of para-hydroxylation sites is 2. The average molecular weight is 438 g/mol.